The molecule has 0 bridgehead atoms. The molecule has 0 aliphatic carbocycles. The fourth-order valence-corrected chi connectivity index (χ4v) is 2.63. The van der Waals surface area contributed by atoms with E-state index in [-0.39, 0.29) is 0 Å². The second-order valence-corrected chi connectivity index (χ2v) is 6.31. The minimum absolute atomic E-state index is 0.333. The van der Waals surface area contributed by atoms with Crippen molar-refractivity contribution in [2.45, 2.75) is 39.0 Å². The van der Waals surface area contributed by atoms with E-state index in [4.69, 9.17) is 0 Å². The monoisotopic (exact) mass is 357 g/mol. The maximum Gasteiger partial charge on any atom is 0.0978 e. The summed E-state index contributed by atoms with van der Waals surface area (Å²) in [6.45, 7) is 21.3. The summed E-state index contributed by atoms with van der Waals surface area (Å²) in [5, 5.41) is 0. The van der Waals surface area contributed by atoms with Crippen molar-refractivity contribution in [3.8, 4) is 0 Å². The molecule has 0 saturated carbocycles. The van der Waals surface area contributed by atoms with Crippen molar-refractivity contribution in [1.82, 2.24) is 0 Å². The Labute approximate surface area is 151 Å². The van der Waals surface area contributed by atoms with Gasteiger partial charge >= 0.3 is 0 Å². The molecule has 1 unspecified atom stereocenters. The Morgan fingerprint density at radius 2 is 1.29 bits per heavy atom. The van der Waals surface area contributed by atoms with Crippen molar-refractivity contribution in [3.05, 3.63) is 50.6 Å². The van der Waals surface area contributed by atoms with Gasteiger partial charge in [-0.2, -0.15) is 0 Å². The zero-order chi connectivity index (χ0) is 18.7. The average Bonchev–Trinajstić information content (AvgIpc) is 2.52. The molecular formula is C19H35NO3S. The lowest BCUT2D eigenvalue weighted by Crippen LogP contribution is -2.48. The summed E-state index contributed by atoms with van der Waals surface area (Å²) < 4.78 is 25.0. The summed E-state index contributed by atoms with van der Waals surface area (Å²) in [5.74, 6) is 0. The van der Waals surface area contributed by atoms with Gasteiger partial charge in [-0.25, -0.2) is 4.21 Å². The summed E-state index contributed by atoms with van der Waals surface area (Å²) in [6, 6.07) is 0. The topological polar surface area (TPSA) is 49.4 Å². The lowest BCUT2D eigenvalue weighted by atomic mass is 10.2. The summed E-state index contributed by atoms with van der Waals surface area (Å²) >= 11 is -2.32. The van der Waals surface area contributed by atoms with Crippen LogP contribution in [0.4, 0.5) is 0 Å². The Kier molecular flexibility index (Phi) is 19.3. The SMILES string of the molecule is C=CC[N+](CC=C)(CC=C)CC=C.CCCCCCCOS(=O)[O-]. The van der Waals surface area contributed by atoms with Crippen LogP contribution in [0.3, 0.4) is 0 Å². The van der Waals surface area contributed by atoms with Gasteiger partial charge < -0.3 is 13.2 Å². The third-order valence-corrected chi connectivity index (χ3v) is 3.85. The molecule has 0 heterocycles. The van der Waals surface area contributed by atoms with E-state index in [0.29, 0.717) is 6.61 Å². The largest absolute Gasteiger partial charge is 0.750 e. The minimum atomic E-state index is -2.32. The van der Waals surface area contributed by atoms with E-state index in [9.17, 15) is 8.76 Å². The van der Waals surface area contributed by atoms with Crippen LogP contribution < -0.4 is 0 Å². The zero-order valence-electron chi connectivity index (χ0n) is 15.3. The van der Waals surface area contributed by atoms with Gasteiger partial charge in [-0.15, -0.1) is 0 Å². The zero-order valence-corrected chi connectivity index (χ0v) is 16.1. The van der Waals surface area contributed by atoms with Crippen molar-refractivity contribution in [2.75, 3.05) is 32.8 Å². The molecule has 24 heavy (non-hydrogen) atoms. The van der Waals surface area contributed by atoms with Crippen LogP contribution in [0.2, 0.25) is 0 Å². The van der Waals surface area contributed by atoms with E-state index in [1.54, 1.807) is 0 Å². The maximum absolute atomic E-state index is 9.87. The molecule has 4 nitrogen and oxygen atoms in total. The van der Waals surface area contributed by atoms with Gasteiger partial charge in [0.05, 0.1) is 44.1 Å². The van der Waals surface area contributed by atoms with Crippen molar-refractivity contribution in [1.29, 1.82) is 0 Å². The molecule has 0 saturated heterocycles. The van der Waals surface area contributed by atoms with Crippen molar-refractivity contribution >= 4 is 11.4 Å². The van der Waals surface area contributed by atoms with E-state index in [0.717, 1.165) is 43.5 Å². The Morgan fingerprint density at radius 3 is 1.62 bits per heavy atom. The van der Waals surface area contributed by atoms with E-state index >= 15 is 0 Å². The first-order valence-corrected chi connectivity index (χ1v) is 9.53. The van der Waals surface area contributed by atoms with Crippen LogP contribution in [-0.4, -0.2) is 46.0 Å². The summed E-state index contributed by atoms with van der Waals surface area (Å²) in [4.78, 5) is 0. The number of hydrogen-bond acceptors (Lipinski definition) is 3. The molecule has 0 N–H and O–H groups in total. The molecule has 0 radical (unpaired) electrons. The lowest BCUT2D eigenvalue weighted by Gasteiger charge is -2.35. The van der Waals surface area contributed by atoms with Gasteiger partial charge in [0.2, 0.25) is 0 Å². The van der Waals surface area contributed by atoms with E-state index in [1.807, 2.05) is 24.3 Å². The molecule has 0 aromatic rings. The highest BCUT2D eigenvalue weighted by atomic mass is 32.2. The summed E-state index contributed by atoms with van der Waals surface area (Å²) in [7, 11) is 0. The van der Waals surface area contributed by atoms with Crippen LogP contribution in [0, 0.1) is 0 Å². The highest BCUT2D eigenvalue weighted by molar-refractivity contribution is 7.74. The molecule has 0 fully saturated rings. The second-order valence-electron chi connectivity index (χ2n) is 5.67. The number of rotatable bonds is 15. The normalized spacial score (nSPS) is 11.8. The Hall–Kier alpha value is -1.01. The standard InChI is InChI=1S/C12H20N.C7H16O3S/c1-5-9-13(10-6-2,11-7-3)12-8-4;1-2-3-4-5-6-7-10-11(8)9/h5-8H,1-4,9-12H2;2-7H2,1H3,(H,8,9)/q+1;/p-1. The smallest absolute Gasteiger partial charge is 0.0978 e. The van der Waals surface area contributed by atoms with E-state index in [2.05, 4.69) is 37.4 Å². The van der Waals surface area contributed by atoms with Gasteiger partial charge in [-0.05, 0) is 30.7 Å². The second kappa shape index (κ2) is 18.3. The molecule has 0 aliphatic rings. The first-order valence-electron chi connectivity index (χ1n) is 8.53. The number of unbranched alkanes of at least 4 members (excludes halogenated alkanes) is 4. The molecule has 5 heteroatoms. The van der Waals surface area contributed by atoms with Gasteiger partial charge in [0.15, 0.2) is 0 Å². The van der Waals surface area contributed by atoms with Crippen LogP contribution in [-0.2, 0) is 15.5 Å². The molecule has 0 aromatic carbocycles. The molecular weight excluding hydrogens is 322 g/mol. The van der Waals surface area contributed by atoms with Crippen LogP contribution in [0.15, 0.2) is 50.6 Å². The Bertz CT molecular complexity index is 324. The fraction of sp³-hybridized carbons (Fsp3) is 0.579. The van der Waals surface area contributed by atoms with Gasteiger partial charge in [-0.3, -0.25) is 0 Å². The molecule has 0 aromatic heterocycles. The highest BCUT2D eigenvalue weighted by Gasteiger charge is 2.20. The van der Waals surface area contributed by atoms with Gasteiger partial charge in [0.25, 0.3) is 0 Å². The van der Waals surface area contributed by atoms with Crippen molar-refractivity contribution in [2.24, 2.45) is 0 Å². The maximum atomic E-state index is 9.87. The molecule has 0 spiro atoms. The third-order valence-electron chi connectivity index (χ3n) is 3.49. The highest BCUT2D eigenvalue weighted by Crippen LogP contribution is 2.07. The van der Waals surface area contributed by atoms with E-state index in [1.165, 1.54) is 19.3 Å². The molecule has 140 valence electrons. The molecule has 0 amide bonds. The average molecular weight is 358 g/mol. The molecule has 0 aliphatic heterocycles. The summed E-state index contributed by atoms with van der Waals surface area (Å²) in [5.41, 5.74) is 0. The minimum Gasteiger partial charge on any atom is -0.750 e. The molecule has 1 atom stereocenters. The van der Waals surface area contributed by atoms with Gasteiger partial charge in [-0.1, -0.05) is 58.9 Å². The lowest BCUT2D eigenvalue weighted by molar-refractivity contribution is -0.906. The van der Waals surface area contributed by atoms with Crippen molar-refractivity contribution in [3.63, 3.8) is 0 Å². The third kappa shape index (κ3) is 15.9. The van der Waals surface area contributed by atoms with Gasteiger partial charge in [0.1, 0.15) is 0 Å². The quantitative estimate of drug-likeness (QED) is 0.190. The van der Waals surface area contributed by atoms with Crippen LogP contribution in [0.25, 0.3) is 0 Å². The number of hydrogen-bond donors (Lipinski definition) is 0. The van der Waals surface area contributed by atoms with Crippen LogP contribution >= 0.6 is 0 Å². The molecule has 0 rings (SSSR count). The van der Waals surface area contributed by atoms with E-state index < -0.39 is 11.4 Å². The predicted molar refractivity (Wildman–Crippen MR) is 104 cm³/mol. The van der Waals surface area contributed by atoms with Crippen LogP contribution in [0.1, 0.15) is 39.0 Å². The predicted octanol–water partition coefficient (Wildman–Crippen LogP) is 4.31. The number of nitrogens with zero attached hydrogens (tertiary/aromatic N) is 1. The summed E-state index contributed by atoms with van der Waals surface area (Å²) in [6.07, 6.45) is 13.3. The van der Waals surface area contributed by atoms with Crippen molar-refractivity contribution < 1.29 is 17.4 Å². The van der Waals surface area contributed by atoms with Gasteiger partial charge in [0, 0.05) is 0 Å². The Balaban J connectivity index is 0. The first kappa shape index (κ1) is 25.2. The van der Waals surface area contributed by atoms with Crippen LogP contribution in [0.5, 0.6) is 0 Å². The Morgan fingerprint density at radius 1 is 0.875 bits per heavy atom. The first-order chi connectivity index (χ1) is 11.5. The number of quaternary nitrogens is 1. The fourth-order valence-electron chi connectivity index (χ4n) is 2.38.